The minimum atomic E-state index is -0.293. The van der Waals surface area contributed by atoms with E-state index in [-0.39, 0.29) is 11.6 Å². The van der Waals surface area contributed by atoms with E-state index in [1.54, 1.807) is 4.57 Å². The molecule has 0 radical (unpaired) electrons. The second-order valence-corrected chi connectivity index (χ2v) is 7.64. The highest BCUT2D eigenvalue weighted by molar-refractivity contribution is 6.30. The van der Waals surface area contributed by atoms with Crippen molar-refractivity contribution in [3.63, 3.8) is 0 Å². The van der Waals surface area contributed by atoms with Crippen LogP contribution < -0.4 is 5.56 Å². The number of aromatic nitrogens is 3. The van der Waals surface area contributed by atoms with Crippen molar-refractivity contribution in [2.75, 3.05) is 0 Å². The second kappa shape index (κ2) is 6.00. The topological polar surface area (TPSA) is 47.8 Å². The Morgan fingerprint density at radius 2 is 1.55 bits per heavy atom. The molecule has 0 amide bonds. The van der Waals surface area contributed by atoms with Crippen molar-refractivity contribution >= 4 is 33.4 Å². The van der Waals surface area contributed by atoms with E-state index in [2.05, 4.69) is 6.07 Å². The van der Waals surface area contributed by atoms with E-state index in [0.29, 0.717) is 21.7 Å². The van der Waals surface area contributed by atoms with Crippen molar-refractivity contribution in [3.05, 3.63) is 105 Å². The third kappa shape index (κ3) is 2.36. The number of fused-ring (bicyclic) bond motifs is 5. The molecule has 3 heterocycles. The van der Waals surface area contributed by atoms with Gasteiger partial charge in [-0.05, 0) is 42.0 Å². The first kappa shape index (κ1) is 16.5. The number of benzene rings is 3. The summed E-state index contributed by atoms with van der Waals surface area (Å²) in [6, 6.07) is 24.9. The van der Waals surface area contributed by atoms with Crippen LogP contribution in [-0.2, 0) is 0 Å². The molecule has 0 bridgehead atoms. The molecule has 1 atom stereocenters. The number of hydrogen-bond acceptors (Lipinski definition) is 3. The number of nitrogens with zero attached hydrogens (tertiary/aromatic N) is 3. The van der Waals surface area contributed by atoms with E-state index in [0.717, 1.165) is 27.7 Å². The van der Waals surface area contributed by atoms with Gasteiger partial charge in [-0.3, -0.25) is 9.36 Å². The van der Waals surface area contributed by atoms with Gasteiger partial charge in [-0.15, -0.1) is 0 Å². The molecular formula is C24H14ClN3O. The molecule has 0 fully saturated rings. The summed E-state index contributed by atoms with van der Waals surface area (Å²) in [6.45, 7) is 0. The van der Waals surface area contributed by atoms with Crippen molar-refractivity contribution < 1.29 is 0 Å². The number of halogens is 1. The lowest BCUT2D eigenvalue weighted by atomic mass is 9.98. The van der Waals surface area contributed by atoms with Crippen molar-refractivity contribution in [2.24, 2.45) is 0 Å². The van der Waals surface area contributed by atoms with Crippen LogP contribution in [0.25, 0.3) is 33.3 Å². The fourth-order valence-electron chi connectivity index (χ4n) is 4.19. The van der Waals surface area contributed by atoms with Gasteiger partial charge in [0.2, 0.25) is 0 Å². The largest absolute Gasteiger partial charge is 0.279 e. The number of rotatable bonds is 1. The zero-order valence-electron chi connectivity index (χ0n) is 15.2. The van der Waals surface area contributed by atoms with Crippen LogP contribution in [0.1, 0.15) is 17.2 Å². The van der Waals surface area contributed by atoms with Gasteiger partial charge in [-0.1, -0.05) is 54.1 Å². The summed E-state index contributed by atoms with van der Waals surface area (Å²) in [6.07, 6.45) is 0. The van der Waals surface area contributed by atoms with Gasteiger partial charge >= 0.3 is 0 Å². The number of para-hydroxylation sites is 2. The summed E-state index contributed by atoms with van der Waals surface area (Å²) in [5, 5.41) is 2.30. The van der Waals surface area contributed by atoms with E-state index >= 15 is 0 Å². The molecule has 1 unspecified atom stereocenters. The SMILES string of the molecule is O=c1c2ccccc2nc2n1C(c1ccc(Cl)cc1)c1cc3ccccc3nc1-2. The number of pyridine rings is 1. The molecule has 138 valence electrons. The lowest BCUT2D eigenvalue weighted by molar-refractivity contribution is 0.684. The zero-order valence-corrected chi connectivity index (χ0v) is 16.0. The first-order valence-corrected chi connectivity index (χ1v) is 9.75. The van der Waals surface area contributed by atoms with Crippen LogP contribution in [0.4, 0.5) is 0 Å². The molecule has 1 aliphatic heterocycles. The molecule has 5 aromatic rings. The van der Waals surface area contributed by atoms with E-state index in [4.69, 9.17) is 21.6 Å². The molecule has 1 aliphatic rings. The standard InChI is InChI=1S/C24H14ClN3O/c25-16-11-9-14(10-12-16)22-18-13-15-5-1-3-7-19(15)26-21(18)23-27-20-8-4-2-6-17(20)24(29)28(22)23/h1-13,22H. The minimum absolute atomic E-state index is 0.0624. The average Bonchev–Trinajstić information content (AvgIpc) is 3.06. The smallest absolute Gasteiger partial charge is 0.262 e. The fraction of sp³-hybridized carbons (Fsp3) is 0.0417. The van der Waals surface area contributed by atoms with Crippen LogP contribution in [0.3, 0.4) is 0 Å². The zero-order chi connectivity index (χ0) is 19.5. The van der Waals surface area contributed by atoms with Gasteiger partial charge in [0, 0.05) is 16.0 Å². The van der Waals surface area contributed by atoms with Gasteiger partial charge in [0.25, 0.3) is 5.56 Å². The summed E-state index contributed by atoms with van der Waals surface area (Å²) < 4.78 is 1.77. The Balaban J connectivity index is 1.76. The summed E-state index contributed by atoms with van der Waals surface area (Å²) in [5.41, 5.74) is 4.22. The maximum Gasteiger partial charge on any atom is 0.262 e. The van der Waals surface area contributed by atoms with Crippen LogP contribution in [0.15, 0.2) is 83.7 Å². The van der Waals surface area contributed by atoms with Crippen molar-refractivity contribution in [2.45, 2.75) is 6.04 Å². The molecule has 0 N–H and O–H groups in total. The Bertz CT molecular complexity index is 1490. The normalized spacial score (nSPS) is 14.9. The van der Waals surface area contributed by atoms with Crippen molar-refractivity contribution in [1.82, 2.24) is 14.5 Å². The Morgan fingerprint density at radius 1 is 0.828 bits per heavy atom. The minimum Gasteiger partial charge on any atom is -0.279 e. The molecule has 29 heavy (non-hydrogen) atoms. The monoisotopic (exact) mass is 395 g/mol. The molecule has 3 aromatic carbocycles. The molecular weight excluding hydrogens is 382 g/mol. The first-order chi connectivity index (χ1) is 14.2. The Morgan fingerprint density at radius 3 is 2.38 bits per heavy atom. The molecule has 0 spiro atoms. The molecule has 0 saturated carbocycles. The summed E-state index contributed by atoms with van der Waals surface area (Å²) in [4.78, 5) is 23.2. The van der Waals surface area contributed by atoms with Gasteiger partial charge in [-0.25, -0.2) is 9.97 Å². The van der Waals surface area contributed by atoms with E-state index in [1.165, 1.54) is 0 Å². The lowest BCUT2D eigenvalue weighted by Gasteiger charge is -2.16. The van der Waals surface area contributed by atoms with Crippen molar-refractivity contribution in [3.8, 4) is 11.5 Å². The molecule has 0 aliphatic carbocycles. The van der Waals surface area contributed by atoms with Gasteiger partial charge in [-0.2, -0.15) is 0 Å². The van der Waals surface area contributed by atoms with E-state index < -0.39 is 0 Å². The second-order valence-electron chi connectivity index (χ2n) is 7.20. The van der Waals surface area contributed by atoms with Crippen LogP contribution in [-0.4, -0.2) is 14.5 Å². The maximum absolute atomic E-state index is 13.5. The highest BCUT2D eigenvalue weighted by atomic mass is 35.5. The van der Waals surface area contributed by atoms with Crippen LogP contribution in [0.2, 0.25) is 5.02 Å². The highest BCUT2D eigenvalue weighted by Crippen LogP contribution is 2.41. The average molecular weight is 396 g/mol. The maximum atomic E-state index is 13.5. The number of hydrogen-bond donors (Lipinski definition) is 0. The third-order valence-corrected chi connectivity index (χ3v) is 5.76. The summed E-state index contributed by atoms with van der Waals surface area (Å²) in [7, 11) is 0. The summed E-state index contributed by atoms with van der Waals surface area (Å²) >= 11 is 6.11. The molecule has 6 rings (SSSR count). The fourth-order valence-corrected chi connectivity index (χ4v) is 4.31. The van der Waals surface area contributed by atoms with Gasteiger partial charge in [0.15, 0.2) is 5.82 Å². The molecule has 2 aromatic heterocycles. The van der Waals surface area contributed by atoms with Gasteiger partial charge in [0.05, 0.1) is 22.5 Å². The predicted molar refractivity (Wildman–Crippen MR) is 115 cm³/mol. The Hall–Kier alpha value is -3.50. The third-order valence-electron chi connectivity index (χ3n) is 5.51. The highest BCUT2D eigenvalue weighted by Gasteiger charge is 2.34. The van der Waals surface area contributed by atoms with Gasteiger partial charge in [0.1, 0.15) is 5.69 Å². The quantitative estimate of drug-likeness (QED) is 0.383. The predicted octanol–water partition coefficient (Wildman–Crippen LogP) is 5.22. The van der Waals surface area contributed by atoms with Crippen molar-refractivity contribution in [1.29, 1.82) is 0 Å². The summed E-state index contributed by atoms with van der Waals surface area (Å²) in [5.74, 6) is 0.606. The molecule has 0 saturated heterocycles. The van der Waals surface area contributed by atoms with Crippen LogP contribution in [0.5, 0.6) is 0 Å². The van der Waals surface area contributed by atoms with Gasteiger partial charge < -0.3 is 0 Å². The van der Waals surface area contributed by atoms with Crippen LogP contribution >= 0.6 is 11.6 Å². The molecule has 4 nitrogen and oxygen atoms in total. The van der Waals surface area contributed by atoms with Crippen LogP contribution in [0, 0.1) is 0 Å². The Labute approximate surface area is 171 Å². The van der Waals surface area contributed by atoms with E-state index in [1.807, 2.05) is 72.8 Å². The lowest BCUT2D eigenvalue weighted by Crippen LogP contribution is -2.25. The van der Waals surface area contributed by atoms with E-state index in [9.17, 15) is 4.79 Å². The molecule has 5 heteroatoms. The first-order valence-electron chi connectivity index (χ1n) is 9.37. The Kier molecular flexibility index (Phi) is 3.40.